The van der Waals surface area contributed by atoms with Crippen LogP contribution in [0.4, 0.5) is 0 Å². The van der Waals surface area contributed by atoms with Crippen molar-refractivity contribution in [2.75, 3.05) is 0 Å². The summed E-state index contributed by atoms with van der Waals surface area (Å²) in [7, 11) is 0. The van der Waals surface area contributed by atoms with Gasteiger partial charge in [0.25, 0.3) is 0 Å². The number of nitrogens with two attached hydrogens (primary N) is 2. The molecule has 0 saturated heterocycles. The van der Waals surface area contributed by atoms with E-state index < -0.39 is 11.9 Å². The minimum atomic E-state index is -0.404. The summed E-state index contributed by atoms with van der Waals surface area (Å²) in [4.78, 5) is 14.7. The molecule has 1 aromatic heterocycles. The highest BCUT2D eigenvalue weighted by Crippen LogP contribution is 2.10. The van der Waals surface area contributed by atoms with Crippen LogP contribution in [0, 0.1) is 0 Å². The Morgan fingerprint density at radius 2 is 2.46 bits per heavy atom. The van der Waals surface area contributed by atoms with Crippen LogP contribution in [-0.4, -0.2) is 15.5 Å². The number of aryl methyl sites for hydroxylation is 1. The van der Waals surface area contributed by atoms with Crippen LogP contribution in [-0.2, 0) is 11.3 Å². The van der Waals surface area contributed by atoms with E-state index in [4.69, 9.17) is 11.5 Å². The van der Waals surface area contributed by atoms with Gasteiger partial charge in [-0.15, -0.1) is 0 Å². The lowest BCUT2D eigenvalue weighted by Gasteiger charge is -2.10. The second-order valence-electron chi connectivity index (χ2n) is 2.85. The molecule has 1 unspecified atom stereocenters. The van der Waals surface area contributed by atoms with Gasteiger partial charge in [-0.3, -0.25) is 4.79 Å². The number of nitrogens with zero attached hydrogens (tertiary/aromatic N) is 2. The number of aromatic nitrogens is 2. The molecule has 5 heteroatoms. The van der Waals surface area contributed by atoms with Gasteiger partial charge in [0.1, 0.15) is 5.82 Å². The molecule has 0 radical (unpaired) electrons. The average molecular weight is 182 g/mol. The molecule has 0 saturated carbocycles. The van der Waals surface area contributed by atoms with Gasteiger partial charge in [-0.1, -0.05) is 0 Å². The molecule has 72 valence electrons. The topological polar surface area (TPSA) is 86.9 Å². The molecule has 0 aliphatic carbocycles. The summed E-state index contributed by atoms with van der Waals surface area (Å²) in [5.74, 6) is 0.305. The van der Waals surface area contributed by atoms with Crippen LogP contribution in [0.1, 0.15) is 25.2 Å². The zero-order valence-corrected chi connectivity index (χ0v) is 7.60. The van der Waals surface area contributed by atoms with Gasteiger partial charge in [0, 0.05) is 25.4 Å². The molecular formula is C8H14N4O. The summed E-state index contributed by atoms with van der Waals surface area (Å²) in [5.41, 5.74) is 10.8. The summed E-state index contributed by atoms with van der Waals surface area (Å²) in [5, 5.41) is 0. The molecule has 0 aliphatic heterocycles. The van der Waals surface area contributed by atoms with E-state index in [1.54, 1.807) is 6.20 Å². The number of hydrogen-bond acceptors (Lipinski definition) is 3. The highest BCUT2D eigenvalue weighted by molar-refractivity contribution is 5.74. The highest BCUT2D eigenvalue weighted by Gasteiger charge is 2.13. The Kier molecular flexibility index (Phi) is 3.02. The maximum atomic E-state index is 10.6. The van der Waals surface area contributed by atoms with E-state index in [0.717, 1.165) is 6.54 Å². The van der Waals surface area contributed by atoms with Crippen molar-refractivity contribution < 1.29 is 4.79 Å². The second-order valence-corrected chi connectivity index (χ2v) is 2.85. The number of rotatable bonds is 4. The molecule has 0 aromatic carbocycles. The zero-order chi connectivity index (χ0) is 9.84. The van der Waals surface area contributed by atoms with E-state index in [9.17, 15) is 4.79 Å². The van der Waals surface area contributed by atoms with Crippen LogP contribution < -0.4 is 11.5 Å². The van der Waals surface area contributed by atoms with Crippen molar-refractivity contribution in [2.24, 2.45) is 11.5 Å². The third-order valence-electron chi connectivity index (χ3n) is 1.84. The van der Waals surface area contributed by atoms with E-state index >= 15 is 0 Å². The minimum Gasteiger partial charge on any atom is -0.370 e. The number of carbonyl (C=O) groups is 1. The van der Waals surface area contributed by atoms with Crippen LogP contribution in [0.3, 0.4) is 0 Å². The van der Waals surface area contributed by atoms with Gasteiger partial charge in [-0.05, 0) is 6.92 Å². The van der Waals surface area contributed by atoms with Crippen molar-refractivity contribution >= 4 is 5.91 Å². The summed E-state index contributed by atoms with van der Waals surface area (Å²) in [6.45, 7) is 2.78. The molecule has 4 N–H and O–H groups in total. The molecule has 0 aliphatic rings. The number of amides is 1. The fourth-order valence-electron chi connectivity index (χ4n) is 1.22. The first-order valence-corrected chi connectivity index (χ1v) is 4.20. The lowest BCUT2D eigenvalue weighted by molar-refractivity contribution is -0.118. The van der Waals surface area contributed by atoms with Gasteiger partial charge < -0.3 is 16.0 Å². The van der Waals surface area contributed by atoms with Crippen LogP contribution >= 0.6 is 0 Å². The van der Waals surface area contributed by atoms with E-state index in [-0.39, 0.29) is 6.42 Å². The fraction of sp³-hybridized carbons (Fsp3) is 0.500. The molecule has 1 aromatic rings. The molecular weight excluding hydrogens is 168 g/mol. The molecule has 0 spiro atoms. The first-order chi connectivity index (χ1) is 6.15. The van der Waals surface area contributed by atoms with Gasteiger partial charge in [-0.2, -0.15) is 0 Å². The molecule has 1 atom stereocenters. The Labute approximate surface area is 76.7 Å². The Morgan fingerprint density at radius 1 is 1.77 bits per heavy atom. The Hall–Kier alpha value is -1.36. The van der Waals surface area contributed by atoms with Crippen LogP contribution in [0.25, 0.3) is 0 Å². The van der Waals surface area contributed by atoms with Gasteiger partial charge in [0.2, 0.25) is 5.91 Å². The molecule has 13 heavy (non-hydrogen) atoms. The normalized spacial score (nSPS) is 12.8. The van der Waals surface area contributed by atoms with Crippen molar-refractivity contribution in [3.63, 3.8) is 0 Å². The monoisotopic (exact) mass is 182 g/mol. The van der Waals surface area contributed by atoms with E-state index in [1.807, 2.05) is 17.7 Å². The quantitative estimate of drug-likeness (QED) is 0.674. The summed E-state index contributed by atoms with van der Waals surface area (Å²) in [6, 6.07) is -0.396. The molecule has 1 amide bonds. The second kappa shape index (κ2) is 4.04. The van der Waals surface area contributed by atoms with E-state index in [1.165, 1.54) is 0 Å². The predicted octanol–water partition coefficient (Wildman–Crippen LogP) is -0.222. The third kappa shape index (κ3) is 2.29. The molecule has 0 bridgehead atoms. The number of primary amides is 1. The third-order valence-corrected chi connectivity index (χ3v) is 1.84. The largest absolute Gasteiger partial charge is 0.370 e. The van der Waals surface area contributed by atoms with Gasteiger partial charge in [0.05, 0.1) is 6.04 Å². The summed E-state index contributed by atoms with van der Waals surface area (Å²) < 4.78 is 1.90. The lowest BCUT2D eigenvalue weighted by atomic mass is 10.2. The number of imidazole rings is 1. The van der Waals surface area contributed by atoms with Crippen LogP contribution in [0.5, 0.6) is 0 Å². The number of hydrogen-bond donors (Lipinski definition) is 2. The average Bonchev–Trinajstić information content (AvgIpc) is 2.49. The van der Waals surface area contributed by atoms with Crippen molar-refractivity contribution in [1.82, 2.24) is 9.55 Å². The lowest BCUT2D eigenvalue weighted by Crippen LogP contribution is -2.23. The highest BCUT2D eigenvalue weighted by atomic mass is 16.1. The van der Waals surface area contributed by atoms with Gasteiger partial charge >= 0.3 is 0 Å². The fourth-order valence-corrected chi connectivity index (χ4v) is 1.22. The molecule has 0 fully saturated rings. The Morgan fingerprint density at radius 3 is 3.00 bits per heavy atom. The SMILES string of the molecule is CCn1ccnc1C(N)CC(N)=O. The Bertz CT molecular complexity index is 294. The smallest absolute Gasteiger partial charge is 0.219 e. The van der Waals surface area contributed by atoms with Crippen molar-refractivity contribution in [3.05, 3.63) is 18.2 Å². The van der Waals surface area contributed by atoms with Crippen molar-refractivity contribution in [3.8, 4) is 0 Å². The standard InChI is InChI=1S/C8H14N4O/c1-2-12-4-3-11-8(12)6(9)5-7(10)13/h3-4,6H,2,5,9H2,1H3,(H2,10,13). The van der Waals surface area contributed by atoms with Crippen molar-refractivity contribution in [1.29, 1.82) is 0 Å². The first-order valence-electron chi connectivity index (χ1n) is 4.20. The summed E-state index contributed by atoms with van der Waals surface area (Å²) >= 11 is 0. The van der Waals surface area contributed by atoms with Crippen LogP contribution in [0.2, 0.25) is 0 Å². The maximum absolute atomic E-state index is 10.6. The van der Waals surface area contributed by atoms with E-state index in [2.05, 4.69) is 4.98 Å². The molecule has 1 rings (SSSR count). The van der Waals surface area contributed by atoms with Crippen LogP contribution in [0.15, 0.2) is 12.4 Å². The predicted molar refractivity (Wildman–Crippen MR) is 48.6 cm³/mol. The first kappa shape index (κ1) is 9.73. The van der Waals surface area contributed by atoms with Crippen molar-refractivity contribution in [2.45, 2.75) is 25.9 Å². The number of carbonyl (C=O) groups excluding carboxylic acids is 1. The Balaban J connectivity index is 2.75. The van der Waals surface area contributed by atoms with Gasteiger partial charge in [0.15, 0.2) is 0 Å². The summed E-state index contributed by atoms with van der Waals surface area (Å²) in [6.07, 6.45) is 3.63. The molecule has 1 heterocycles. The zero-order valence-electron chi connectivity index (χ0n) is 7.60. The maximum Gasteiger partial charge on any atom is 0.219 e. The minimum absolute atomic E-state index is 0.136. The van der Waals surface area contributed by atoms with Gasteiger partial charge in [-0.25, -0.2) is 4.98 Å². The molecule has 5 nitrogen and oxygen atoms in total. The van der Waals surface area contributed by atoms with E-state index in [0.29, 0.717) is 5.82 Å².